The van der Waals surface area contributed by atoms with E-state index in [-0.39, 0.29) is 48.0 Å². The number of primary amides is 1. The lowest BCUT2D eigenvalue weighted by Crippen LogP contribution is -2.46. The molecular formula is C42H51N9O16P2+2. The average molecular weight is 1000 g/mol. The van der Waals surface area contributed by atoms with Gasteiger partial charge in [0.2, 0.25) is 16.9 Å². The van der Waals surface area contributed by atoms with E-state index in [1.807, 2.05) is 24.3 Å². The van der Waals surface area contributed by atoms with Crippen molar-refractivity contribution in [3.05, 3.63) is 91.3 Å². The second-order valence-electron chi connectivity index (χ2n) is 16.0. The number of ether oxygens (including phenoxy) is 3. The average Bonchev–Trinajstić information content (AvgIpc) is 3.98. The number of aliphatic hydroxyl groups excluding tert-OH is 4. The third kappa shape index (κ3) is 11.2. The van der Waals surface area contributed by atoms with Gasteiger partial charge >= 0.3 is 15.6 Å². The molecule has 10 atom stereocenters. The first-order valence-corrected chi connectivity index (χ1v) is 24.7. The number of anilines is 1. The molecule has 27 heteroatoms. The van der Waals surface area contributed by atoms with Crippen LogP contribution in [0.4, 0.5) is 5.82 Å². The number of imidazole rings is 1. The SMILES string of the molecule is CC[n+]1c2ccccc2cc2c(OCCCC(=O)NCCNc3ncnc4c3ncn4C3OC(COP(=O)(O)OP(=O)(O)OCC4OC([n+]5cccc(C(N)=O)c5)C(O)C4O)C(O)C3O)cccc21. The van der Waals surface area contributed by atoms with Crippen molar-refractivity contribution in [3.8, 4) is 5.75 Å². The van der Waals surface area contributed by atoms with Gasteiger partial charge in [-0.15, -0.1) is 0 Å². The number of aliphatic hydroxyl groups is 4. The number of pyridine rings is 2. The quantitative estimate of drug-likeness (QED) is 0.0204. The molecule has 2 aliphatic rings. The standard InChI is InChI=1S/C42H49N9O16P2/c1-2-50-27-10-4-3-8-24(27)18-26-28(50)11-5-12-29(26)62-17-7-13-32(52)44-14-15-45-39-33-40(47-22-46-39)51(23-48-33)42-37(56)35(54)31(66-42)21-64-69(60,61)67-68(58,59)63-20-30-34(53)36(55)41(65-30)49-16-6-9-25(19-49)38(43)57/h3-6,8-12,16,18-19,22-23,30-31,34-37,41-42,53-56H,2,7,13-15,17,20-21H2,1H3,(H4-2,43,44,45,46,47,52,57,58,59,60,61)/p+2. The van der Waals surface area contributed by atoms with Gasteiger partial charge in [-0.1, -0.05) is 18.2 Å². The van der Waals surface area contributed by atoms with Crippen LogP contribution in [0.5, 0.6) is 5.75 Å². The fourth-order valence-electron chi connectivity index (χ4n) is 8.09. The molecule has 2 saturated heterocycles. The van der Waals surface area contributed by atoms with E-state index in [1.54, 1.807) is 0 Å². The lowest BCUT2D eigenvalue weighted by Gasteiger charge is -2.20. The molecule has 2 fully saturated rings. The van der Waals surface area contributed by atoms with Crippen LogP contribution in [0.1, 0.15) is 42.6 Å². The molecule has 0 aliphatic carbocycles. The molecule has 69 heavy (non-hydrogen) atoms. The number of hydrogen-bond acceptors (Lipinski definition) is 18. The summed E-state index contributed by atoms with van der Waals surface area (Å²) >= 11 is 0. The van der Waals surface area contributed by atoms with Crippen LogP contribution >= 0.6 is 15.6 Å². The predicted octanol–water partition coefficient (Wildman–Crippen LogP) is 0.403. The van der Waals surface area contributed by atoms with E-state index >= 15 is 0 Å². The number of nitrogens with zero attached hydrogens (tertiary/aromatic N) is 6. The Morgan fingerprint density at radius 2 is 1.59 bits per heavy atom. The number of para-hydroxylation sites is 1. The highest BCUT2D eigenvalue weighted by atomic mass is 31.3. The van der Waals surface area contributed by atoms with Gasteiger partial charge in [-0.05, 0) is 37.6 Å². The van der Waals surface area contributed by atoms with E-state index in [0.29, 0.717) is 13.0 Å². The number of phosphoric acid groups is 2. The van der Waals surface area contributed by atoms with Gasteiger partial charge in [0.25, 0.3) is 12.1 Å². The molecule has 2 aliphatic heterocycles. The summed E-state index contributed by atoms with van der Waals surface area (Å²) in [5, 5.41) is 50.7. The zero-order chi connectivity index (χ0) is 49.0. The van der Waals surface area contributed by atoms with Crippen LogP contribution in [0.25, 0.3) is 33.0 Å². The summed E-state index contributed by atoms with van der Waals surface area (Å²) in [7, 11) is -10.9. The van der Waals surface area contributed by atoms with Crippen molar-refractivity contribution >= 4 is 66.2 Å². The van der Waals surface area contributed by atoms with Crippen LogP contribution in [0.3, 0.4) is 0 Å². The van der Waals surface area contributed by atoms with Crippen molar-refractivity contribution in [2.45, 2.75) is 75.4 Å². The Balaban J connectivity index is 0.780. The lowest BCUT2D eigenvalue weighted by molar-refractivity contribution is -0.765. The zero-order valence-electron chi connectivity index (χ0n) is 36.8. The van der Waals surface area contributed by atoms with Gasteiger partial charge in [0.15, 0.2) is 41.7 Å². The Kier molecular flexibility index (Phi) is 15.3. The molecule has 4 aromatic heterocycles. The maximum absolute atomic E-state index is 12.7. The van der Waals surface area contributed by atoms with Crippen molar-refractivity contribution in [2.75, 3.05) is 38.2 Å². The van der Waals surface area contributed by atoms with Crippen LogP contribution in [0, 0.1) is 0 Å². The van der Waals surface area contributed by atoms with Crippen LogP contribution in [-0.2, 0) is 43.3 Å². The molecule has 6 aromatic rings. The van der Waals surface area contributed by atoms with Gasteiger partial charge in [0.1, 0.15) is 54.7 Å². The molecule has 0 bridgehead atoms. The molecule has 10 N–H and O–H groups in total. The minimum absolute atomic E-state index is 0.0598. The molecule has 2 aromatic carbocycles. The van der Waals surface area contributed by atoms with Crippen LogP contribution in [0.2, 0.25) is 0 Å². The lowest BCUT2D eigenvalue weighted by atomic mass is 10.1. The van der Waals surface area contributed by atoms with E-state index in [0.717, 1.165) is 34.1 Å². The second-order valence-corrected chi connectivity index (χ2v) is 19.1. The number of benzene rings is 2. The minimum Gasteiger partial charge on any atom is -0.493 e. The summed E-state index contributed by atoms with van der Waals surface area (Å²) in [4.78, 5) is 57.5. The largest absolute Gasteiger partial charge is 0.493 e. The number of carbonyl (C=O) groups is 2. The van der Waals surface area contributed by atoms with E-state index in [4.69, 9.17) is 29.0 Å². The fourth-order valence-corrected chi connectivity index (χ4v) is 10.2. The van der Waals surface area contributed by atoms with Gasteiger partial charge < -0.3 is 60.8 Å². The molecule has 0 spiro atoms. The van der Waals surface area contributed by atoms with Crippen LogP contribution in [-0.4, -0.2) is 131 Å². The van der Waals surface area contributed by atoms with Gasteiger partial charge in [-0.2, -0.15) is 13.4 Å². The number of rotatable bonds is 21. The normalized spacial score (nSPS) is 24.3. The van der Waals surface area contributed by atoms with Crippen molar-refractivity contribution < 1.29 is 85.6 Å². The Morgan fingerprint density at radius 3 is 2.35 bits per heavy atom. The van der Waals surface area contributed by atoms with Crippen LogP contribution < -0.4 is 30.2 Å². The fraction of sp³-hybridized carbons (Fsp3) is 0.405. The monoisotopic (exact) mass is 999 g/mol. The van der Waals surface area contributed by atoms with E-state index < -0.39 is 83.8 Å². The molecule has 25 nitrogen and oxygen atoms in total. The zero-order valence-corrected chi connectivity index (χ0v) is 38.6. The third-order valence-corrected chi connectivity index (χ3v) is 14.0. The number of amides is 2. The Morgan fingerprint density at radius 1 is 0.870 bits per heavy atom. The first kappa shape index (κ1) is 49.8. The van der Waals surface area contributed by atoms with E-state index in [1.165, 1.54) is 46.3 Å². The molecule has 0 saturated carbocycles. The van der Waals surface area contributed by atoms with Gasteiger partial charge in [0, 0.05) is 43.1 Å². The smallest absolute Gasteiger partial charge is 0.481 e. The number of nitrogens with two attached hydrogens (primary N) is 1. The minimum atomic E-state index is -5.45. The van der Waals surface area contributed by atoms with Gasteiger partial charge in [0.05, 0.1) is 31.5 Å². The van der Waals surface area contributed by atoms with Gasteiger partial charge in [-0.25, -0.2) is 24.1 Å². The van der Waals surface area contributed by atoms with Crippen LogP contribution in [0.15, 0.2) is 85.7 Å². The molecule has 8 rings (SSSR count). The summed E-state index contributed by atoms with van der Waals surface area (Å²) in [6, 6.07) is 19.1. The topological polar surface area (TPSA) is 346 Å². The number of hydrogen-bond donors (Lipinski definition) is 9. The van der Waals surface area contributed by atoms with Crippen molar-refractivity contribution in [2.24, 2.45) is 5.73 Å². The summed E-state index contributed by atoms with van der Waals surface area (Å²) in [6.07, 6.45) is -6.36. The number of aromatic nitrogens is 6. The van der Waals surface area contributed by atoms with E-state index in [9.17, 15) is 48.9 Å². The Bertz CT molecular complexity index is 2930. The highest BCUT2D eigenvalue weighted by molar-refractivity contribution is 7.61. The molecule has 6 heterocycles. The second kappa shape index (κ2) is 21.2. The molecule has 0 radical (unpaired) electrons. The summed E-state index contributed by atoms with van der Waals surface area (Å²) < 4.78 is 61.6. The van der Waals surface area contributed by atoms with Crippen molar-refractivity contribution in [1.29, 1.82) is 0 Å². The first-order chi connectivity index (χ1) is 33.0. The molecule has 2 amide bonds. The maximum Gasteiger partial charge on any atom is 0.481 e. The highest BCUT2D eigenvalue weighted by Crippen LogP contribution is 2.61. The third-order valence-electron chi connectivity index (χ3n) is 11.4. The van der Waals surface area contributed by atoms with Crippen molar-refractivity contribution in [3.63, 3.8) is 0 Å². The summed E-state index contributed by atoms with van der Waals surface area (Å²) in [5.41, 5.74) is 7.97. The van der Waals surface area contributed by atoms with E-state index in [2.05, 4.69) is 65.7 Å². The molecule has 10 unspecified atom stereocenters. The number of nitrogens with one attached hydrogen (secondary N) is 2. The summed E-state index contributed by atoms with van der Waals surface area (Å²) in [5.74, 6) is 0.0859. The maximum atomic E-state index is 12.7. The summed E-state index contributed by atoms with van der Waals surface area (Å²) in [6.45, 7) is 1.88. The predicted molar refractivity (Wildman–Crippen MR) is 239 cm³/mol. The molecular weight excluding hydrogens is 948 g/mol. The Hall–Kier alpha value is -5.63. The Labute approximate surface area is 392 Å². The first-order valence-electron chi connectivity index (χ1n) is 21.7. The molecule has 368 valence electrons. The number of carbonyl (C=O) groups excluding carboxylic acids is 2. The van der Waals surface area contributed by atoms with Gasteiger partial charge in [-0.3, -0.25) is 23.2 Å². The number of aryl methyl sites for hydroxylation is 1. The number of fused-ring (bicyclic) bond motifs is 3. The highest BCUT2D eigenvalue weighted by Gasteiger charge is 2.50. The number of phosphoric ester groups is 2. The van der Waals surface area contributed by atoms with Crippen molar-refractivity contribution in [1.82, 2.24) is 24.8 Å².